The lowest BCUT2D eigenvalue weighted by Crippen LogP contribution is -2.42. The largest absolute Gasteiger partial charge is 0.481 e. The molecule has 18 heavy (non-hydrogen) atoms. The zero-order chi connectivity index (χ0) is 12.6. The first-order valence-corrected chi connectivity index (χ1v) is 6.77. The van der Waals surface area contributed by atoms with Gasteiger partial charge in [-0.2, -0.15) is 0 Å². The second kappa shape index (κ2) is 4.39. The van der Waals surface area contributed by atoms with Crippen molar-refractivity contribution >= 4 is 5.97 Å². The number of carboxylic acids is 1. The highest BCUT2D eigenvalue weighted by atomic mass is 16.4. The van der Waals surface area contributed by atoms with Crippen molar-refractivity contribution < 1.29 is 9.90 Å². The fraction of sp³-hybridized carbons (Fsp3) is 0.533. The number of hydrogen-bond donors (Lipinski definition) is 2. The molecule has 0 bridgehead atoms. The Balaban J connectivity index is 1.84. The molecule has 3 nitrogen and oxygen atoms in total. The van der Waals surface area contributed by atoms with Gasteiger partial charge in [-0.05, 0) is 42.9 Å². The van der Waals surface area contributed by atoms with Crippen molar-refractivity contribution in [2.45, 2.75) is 37.0 Å². The molecule has 1 aromatic rings. The van der Waals surface area contributed by atoms with Crippen LogP contribution < -0.4 is 5.32 Å². The van der Waals surface area contributed by atoms with Gasteiger partial charge in [-0.3, -0.25) is 4.79 Å². The molecule has 96 valence electrons. The van der Waals surface area contributed by atoms with Gasteiger partial charge >= 0.3 is 5.97 Å². The Kier molecular flexibility index (Phi) is 2.86. The molecule has 1 saturated heterocycles. The molecule has 0 radical (unpaired) electrons. The van der Waals surface area contributed by atoms with Crippen molar-refractivity contribution in [2.75, 3.05) is 13.1 Å². The maximum absolute atomic E-state index is 11.4. The van der Waals surface area contributed by atoms with E-state index in [1.165, 1.54) is 12.0 Å². The SMILES string of the molecule is O=C(O)C1(c2ccc(C3CCNC3)cc2)CCC1. The maximum atomic E-state index is 11.4. The van der Waals surface area contributed by atoms with Gasteiger partial charge in [0.25, 0.3) is 0 Å². The van der Waals surface area contributed by atoms with E-state index >= 15 is 0 Å². The van der Waals surface area contributed by atoms with E-state index < -0.39 is 11.4 Å². The molecule has 0 spiro atoms. The smallest absolute Gasteiger partial charge is 0.314 e. The van der Waals surface area contributed by atoms with Crippen LogP contribution in [0.25, 0.3) is 0 Å². The Hall–Kier alpha value is -1.35. The van der Waals surface area contributed by atoms with Crippen LogP contribution in [0.2, 0.25) is 0 Å². The zero-order valence-corrected chi connectivity index (χ0v) is 10.5. The van der Waals surface area contributed by atoms with Crippen LogP contribution in [-0.4, -0.2) is 24.2 Å². The third-order valence-corrected chi connectivity index (χ3v) is 4.61. The number of hydrogen-bond acceptors (Lipinski definition) is 2. The molecule has 1 aromatic carbocycles. The molecular weight excluding hydrogens is 226 g/mol. The van der Waals surface area contributed by atoms with Crippen molar-refractivity contribution in [1.29, 1.82) is 0 Å². The Bertz CT molecular complexity index is 442. The highest BCUT2D eigenvalue weighted by Crippen LogP contribution is 2.44. The van der Waals surface area contributed by atoms with Crippen LogP contribution in [0.15, 0.2) is 24.3 Å². The van der Waals surface area contributed by atoms with Gasteiger partial charge in [-0.1, -0.05) is 30.7 Å². The fourth-order valence-corrected chi connectivity index (χ4v) is 3.17. The first-order chi connectivity index (χ1) is 8.72. The van der Waals surface area contributed by atoms with E-state index in [4.69, 9.17) is 0 Å². The molecule has 2 N–H and O–H groups in total. The van der Waals surface area contributed by atoms with Crippen molar-refractivity contribution in [1.82, 2.24) is 5.32 Å². The van der Waals surface area contributed by atoms with Crippen LogP contribution in [0.4, 0.5) is 0 Å². The van der Waals surface area contributed by atoms with E-state index in [1.807, 2.05) is 12.1 Å². The van der Waals surface area contributed by atoms with Crippen molar-refractivity contribution in [3.05, 3.63) is 35.4 Å². The third-order valence-electron chi connectivity index (χ3n) is 4.61. The number of carbonyl (C=O) groups is 1. The van der Waals surface area contributed by atoms with E-state index in [0.717, 1.165) is 37.9 Å². The van der Waals surface area contributed by atoms with Crippen molar-refractivity contribution in [2.24, 2.45) is 0 Å². The molecular formula is C15H19NO2. The predicted molar refractivity (Wildman–Crippen MR) is 69.8 cm³/mol. The maximum Gasteiger partial charge on any atom is 0.314 e. The summed E-state index contributed by atoms with van der Waals surface area (Å²) in [5.74, 6) is -0.0646. The minimum atomic E-state index is -0.663. The van der Waals surface area contributed by atoms with E-state index in [-0.39, 0.29) is 0 Å². The Labute approximate surface area is 107 Å². The number of aliphatic carboxylic acids is 1. The Morgan fingerprint density at radius 2 is 2.00 bits per heavy atom. The summed E-state index contributed by atoms with van der Waals surface area (Å²) in [4.78, 5) is 11.4. The highest BCUT2D eigenvalue weighted by Gasteiger charge is 2.45. The van der Waals surface area contributed by atoms with Crippen LogP contribution in [0.5, 0.6) is 0 Å². The van der Waals surface area contributed by atoms with Gasteiger partial charge < -0.3 is 10.4 Å². The number of benzene rings is 1. The molecule has 0 aromatic heterocycles. The molecule has 3 rings (SSSR count). The zero-order valence-electron chi connectivity index (χ0n) is 10.5. The van der Waals surface area contributed by atoms with Gasteiger partial charge in [0, 0.05) is 6.54 Å². The quantitative estimate of drug-likeness (QED) is 0.859. The second-order valence-electron chi connectivity index (χ2n) is 5.55. The van der Waals surface area contributed by atoms with E-state index in [9.17, 15) is 9.90 Å². The lowest BCUT2D eigenvalue weighted by atomic mass is 9.64. The summed E-state index contributed by atoms with van der Waals surface area (Å²) < 4.78 is 0. The molecule has 1 atom stereocenters. The average molecular weight is 245 g/mol. The van der Waals surface area contributed by atoms with Crippen LogP contribution >= 0.6 is 0 Å². The minimum absolute atomic E-state index is 0.591. The van der Waals surface area contributed by atoms with Gasteiger partial charge in [-0.15, -0.1) is 0 Å². The van der Waals surface area contributed by atoms with E-state index in [2.05, 4.69) is 17.4 Å². The lowest BCUT2D eigenvalue weighted by molar-refractivity contribution is -0.147. The monoisotopic (exact) mass is 245 g/mol. The van der Waals surface area contributed by atoms with Gasteiger partial charge in [0.1, 0.15) is 0 Å². The molecule has 1 unspecified atom stereocenters. The van der Waals surface area contributed by atoms with Crippen LogP contribution in [-0.2, 0) is 10.2 Å². The summed E-state index contributed by atoms with van der Waals surface area (Å²) in [6.07, 6.45) is 3.78. The fourth-order valence-electron chi connectivity index (χ4n) is 3.17. The van der Waals surface area contributed by atoms with Gasteiger partial charge in [0.15, 0.2) is 0 Å². The minimum Gasteiger partial charge on any atom is -0.481 e. The summed E-state index contributed by atoms with van der Waals surface area (Å²) in [6, 6.07) is 8.30. The molecule has 1 saturated carbocycles. The molecule has 1 aliphatic carbocycles. The standard InChI is InChI=1S/C15H19NO2/c17-14(18)15(7-1-8-15)13-4-2-11(3-5-13)12-6-9-16-10-12/h2-5,12,16H,1,6-10H2,(H,17,18). The van der Waals surface area contributed by atoms with Crippen molar-refractivity contribution in [3.8, 4) is 0 Å². The summed E-state index contributed by atoms with van der Waals surface area (Å²) in [7, 11) is 0. The summed E-state index contributed by atoms with van der Waals surface area (Å²) >= 11 is 0. The first kappa shape index (κ1) is 11.7. The molecule has 2 fully saturated rings. The lowest BCUT2D eigenvalue weighted by Gasteiger charge is -2.38. The summed E-state index contributed by atoms with van der Waals surface area (Å²) in [5.41, 5.74) is 1.73. The summed E-state index contributed by atoms with van der Waals surface area (Å²) in [5, 5.41) is 12.8. The number of rotatable bonds is 3. The number of nitrogens with one attached hydrogen (secondary N) is 1. The average Bonchev–Trinajstić information content (AvgIpc) is 2.81. The van der Waals surface area contributed by atoms with Crippen molar-refractivity contribution in [3.63, 3.8) is 0 Å². The first-order valence-electron chi connectivity index (χ1n) is 6.77. The Morgan fingerprint density at radius 3 is 2.44 bits per heavy atom. The molecule has 2 aliphatic rings. The van der Waals surface area contributed by atoms with Crippen LogP contribution in [0, 0.1) is 0 Å². The van der Waals surface area contributed by atoms with Crippen LogP contribution in [0.1, 0.15) is 42.7 Å². The molecule has 1 aliphatic heterocycles. The van der Waals surface area contributed by atoms with Crippen LogP contribution in [0.3, 0.4) is 0 Å². The van der Waals surface area contributed by atoms with Gasteiger partial charge in [0.2, 0.25) is 0 Å². The number of carboxylic acid groups (broad SMARTS) is 1. The normalized spacial score (nSPS) is 25.7. The summed E-state index contributed by atoms with van der Waals surface area (Å²) in [6.45, 7) is 2.13. The molecule has 0 amide bonds. The highest BCUT2D eigenvalue weighted by molar-refractivity contribution is 5.82. The molecule has 3 heteroatoms. The third kappa shape index (κ3) is 1.74. The second-order valence-corrected chi connectivity index (χ2v) is 5.55. The Morgan fingerprint density at radius 1 is 1.28 bits per heavy atom. The van der Waals surface area contributed by atoms with Gasteiger partial charge in [0.05, 0.1) is 5.41 Å². The molecule has 1 heterocycles. The van der Waals surface area contributed by atoms with E-state index in [0.29, 0.717) is 5.92 Å². The predicted octanol–water partition coefficient (Wildman–Crippen LogP) is 2.27. The topological polar surface area (TPSA) is 49.3 Å². The van der Waals surface area contributed by atoms with Gasteiger partial charge in [-0.25, -0.2) is 0 Å². The van der Waals surface area contributed by atoms with E-state index in [1.54, 1.807) is 0 Å².